The highest BCUT2D eigenvalue weighted by atomic mass is 19.1. The molecule has 2 heterocycles. The summed E-state index contributed by atoms with van der Waals surface area (Å²) >= 11 is 0. The summed E-state index contributed by atoms with van der Waals surface area (Å²) in [5.74, 6) is -1.80. The molecule has 192 valence electrons. The quantitative estimate of drug-likeness (QED) is 0.358. The summed E-state index contributed by atoms with van der Waals surface area (Å²) in [6.07, 6.45) is 0.287. The van der Waals surface area contributed by atoms with Gasteiger partial charge in [-0.1, -0.05) is 56.3 Å². The molecule has 1 aromatic heterocycles. The smallest absolute Gasteiger partial charge is 0.305 e. The van der Waals surface area contributed by atoms with Gasteiger partial charge in [-0.05, 0) is 35.2 Å². The van der Waals surface area contributed by atoms with Crippen molar-refractivity contribution in [1.29, 1.82) is 0 Å². The molecule has 2 aromatic carbocycles. The SMILES string of the molecule is CC(C)c1nc2c(c(-c3ccc(F)cc3)c1/C=C/[C@@H](O)C[C@@H](O)CC(=O)O)CNC(=O)c1ccccc1-2. The van der Waals surface area contributed by atoms with Crippen molar-refractivity contribution in [2.45, 2.75) is 51.4 Å². The second-order valence-corrected chi connectivity index (χ2v) is 9.42. The van der Waals surface area contributed by atoms with E-state index < -0.39 is 24.6 Å². The Hall–Kier alpha value is -3.88. The minimum absolute atomic E-state index is 0.0435. The van der Waals surface area contributed by atoms with Crippen LogP contribution in [-0.2, 0) is 11.3 Å². The monoisotopic (exact) mass is 504 g/mol. The summed E-state index contributed by atoms with van der Waals surface area (Å²) in [7, 11) is 0. The molecule has 0 fully saturated rings. The number of aliphatic hydroxyl groups is 2. The van der Waals surface area contributed by atoms with Crippen LogP contribution in [0.15, 0.2) is 54.6 Å². The van der Waals surface area contributed by atoms with E-state index in [1.807, 2.05) is 26.0 Å². The van der Waals surface area contributed by atoms with Crippen molar-refractivity contribution in [2.24, 2.45) is 0 Å². The Labute approximate surface area is 214 Å². The number of rotatable bonds is 8. The van der Waals surface area contributed by atoms with Gasteiger partial charge in [-0.25, -0.2) is 4.39 Å². The molecule has 4 N–H and O–H groups in total. The van der Waals surface area contributed by atoms with Crippen LogP contribution in [0.5, 0.6) is 0 Å². The van der Waals surface area contributed by atoms with Crippen LogP contribution >= 0.6 is 0 Å². The predicted octanol–water partition coefficient (Wildman–Crippen LogP) is 4.52. The van der Waals surface area contributed by atoms with Crippen LogP contribution in [0.2, 0.25) is 0 Å². The fourth-order valence-electron chi connectivity index (χ4n) is 4.61. The van der Waals surface area contributed by atoms with E-state index in [-0.39, 0.29) is 30.6 Å². The normalized spacial score (nSPS) is 14.6. The van der Waals surface area contributed by atoms with E-state index >= 15 is 0 Å². The molecule has 1 amide bonds. The first-order valence-electron chi connectivity index (χ1n) is 12.1. The lowest BCUT2D eigenvalue weighted by Gasteiger charge is -2.22. The van der Waals surface area contributed by atoms with Crippen LogP contribution < -0.4 is 5.32 Å². The summed E-state index contributed by atoms with van der Waals surface area (Å²) < 4.78 is 13.8. The number of fused-ring (bicyclic) bond motifs is 3. The Morgan fingerprint density at radius 3 is 2.43 bits per heavy atom. The van der Waals surface area contributed by atoms with Gasteiger partial charge in [0.1, 0.15) is 5.82 Å². The molecule has 2 atom stereocenters. The van der Waals surface area contributed by atoms with Gasteiger partial charge in [-0.3, -0.25) is 14.6 Å². The number of aliphatic hydroxyl groups excluding tert-OH is 2. The zero-order chi connectivity index (χ0) is 26.7. The third-order valence-electron chi connectivity index (χ3n) is 6.31. The Morgan fingerprint density at radius 2 is 1.78 bits per heavy atom. The number of aliphatic carboxylic acids is 1. The summed E-state index contributed by atoms with van der Waals surface area (Å²) in [6.45, 7) is 4.17. The van der Waals surface area contributed by atoms with Crippen LogP contribution in [0.25, 0.3) is 28.5 Å². The minimum atomic E-state index is -1.20. The molecule has 3 aromatic rings. The lowest BCUT2D eigenvalue weighted by atomic mass is 9.87. The van der Waals surface area contributed by atoms with E-state index in [4.69, 9.17) is 10.1 Å². The minimum Gasteiger partial charge on any atom is -0.481 e. The lowest BCUT2D eigenvalue weighted by Crippen LogP contribution is -2.21. The molecule has 0 bridgehead atoms. The van der Waals surface area contributed by atoms with E-state index in [9.17, 15) is 24.2 Å². The molecule has 37 heavy (non-hydrogen) atoms. The number of hydrogen-bond acceptors (Lipinski definition) is 5. The summed E-state index contributed by atoms with van der Waals surface area (Å²) in [5, 5.41) is 32.3. The Morgan fingerprint density at radius 1 is 1.11 bits per heavy atom. The van der Waals surface area contributed by atoms with Crippen molar-refractivity contribution in [3.05, 3.63) is 82.8 Å². The first-order chi connectivity index (χ1) is 17.7. The van der Waals surface area contributed by atoms with Gasteiger partial charge < -0.3 is 20.6 Å². The first-order valence-corrected chi connectivity index (χ1v) is 12.1. The number of halogens is 1. The molecule has 0 radical (unpaired) electrons. The molecule has 1 aliphatic heterocycles. The number of carboxylic acids is 1. The van der Waals surface area contributed by atoms with E-state index in [1.165, 1.54) is 18.2 Å². The second-order valence-electron chi connectivity index (χ2n) is 9.42. The number of hydrogen-bond donors (Lipinski definition) is 4. The van der Waals surface area contributed by atoms with Gasteiger partial charge in [0.15, 0.2) is 0 Å². The van der Waals surface area contributed by atoms with Crippen molar-refractivity contribution in [2.75, 3.05) is 0 Å². The van der Waals surface area contributed by atoms with Gasteiger partial charge in [-0.2, -0.15) is 0 Å². The van der Waals surface area contributed by atoms with E-state index in [0.29, 0.717) is 22.4 Å². The zero-order valence-corrected chi connectivity index (χ0v) is 20.6. The Kier molecular flexibility index (Phi) is 7.80. The van der Waals surface area contributed by atoms with Crippen molar-refractivity contribution in [3.8, 4) is 22.4 Å². The maximum absolute atomic E-state index is 13.8. The highest BCUT2D eigenvalue weighted by Crippen LogP contribution is 2.40. The molecule has 4 rings (SSSR count). The second kappa shape index (κ2) is 11.0. The van der Waals surface area contributed by atoms with Gasteiger partial charge >= 0.3 is 5.97 Å². The lowest BCUT2D eigenvalue weighted by molar-refractivity contribution is -0.139. The maximum Gasteiger partial charge on any atom is 0.305 e. The van der Waals surface area contributed by atoms with Gasteiger partial charge in [0.05, 0.1) is 30.0 Å². The van der Waals surface area contributed by atoms with Crippen molar-refractivity contribution in [3.63, 3.8) is 0 Å². The van der Waals surface area contributed by atoms with Gasteiger partial charge in [0.25, 0.3) is 5.91 Å². The number of carbonyl (C=O) groups excluding carboxylic acids is 1. The van der Waals surface area contributed by atoms with Gasteiger partial charge in [0.2, 0.25) is 0 Å². The first kappa shape index (κ1) is 26.2. The molecule has 0 spiro atoms. The van der Waals surface area contributed by atoms with Crippen LogP contribution in [-0.4, -0.2) is 44.4 Å². The standard InChI is InChI=1S/C29H29FN2O5/c1-16(2)27-23(12-11-19(33)13-20(34)14-25(35)36)26(17-7-9-18(30)10-8-17)24-15-31-29(37)22-6-4-3-5-21(22)28(24)32-27/h3-12,16,19-20,33-34H,13-15H2,1-2H3,(H,31,37)(H,35,36)/b12-11+/t19-,20-/m1/s1. The molecular weight excluding hydrogens is 475 g/mol. The van der Waals surface area contributed by atoms with Crippen molar-refractivity contribution < 1.29 is 29.3 Å². The summed E-state index contributed by atoms with van der Waals surface area (Å²) in [5.41, 5.74) is 5.51. The number of amides is 1. The average molecular weight is 505 g/mol. The Bertz CT molecular complexity index is 1350. The third kappa shape index (κ3) is 5.76. The molecule has 0 unspecified atom stereocenters. The Balaban J connectivity index is 1.92. The van der Waals surface area contributed by atoms with Crippen molar-refractivity contribution in [1.82, 2.24) is 10.3 Å². The number of nitrogens with one attached hydrogen (secondary N) is 1. The molecule has 0 aliphatic carbocycles. The van der Waals surface area contributed by atoms with Gasteiger partial charge in [-0.15, -0.1) is 0 Å². The largest absolute Gasteiger partial charge is 0.481 e. The number of carboxylic acid groups (broad SMARTS) is 1. The van der Waals surface area contributed by atoms with Crippen LogP contribution in [0.4, 0.5) is 4.39 Å². The predicted molar refractivity (Wildman–Crippen MR) is 138 cm³/mol. The highest BCUT2D eigenvalue weighted by molar-refractivity contribution is 6.03. The van der Waals surface area contributed by atoms with Crippen LogP contribution in [0.1, 0.15) is 59.8 Å². The fraction of sp³-hybridized carbons (Fsp3) is 0.276. The van der Waals surface area contributed by atoms with E-state index in [1.54, 1.807) is 30.3 Å². The van der Waals surface area contributed by atoms with Crippen LogP contribution in [0.3, 0.4) is 0 Å². The number of nitrogens with zero attached hydrogens (tertiary/aromatic N) is 1. The zero-order valence-electron chi connectivity index (χ0n) is 20.6. The van der Waals surface area contributed by atoms with Crippen LogP contribution in [0, 0.1) is 5.82 Å². The molecule has 0 saturated carbocycles. The molecule has 7 nitrogen and oxygen atoms in total. The molecule has 1 aliphatic rings. The molecule has 8 heteroatoms. The summed E-state index contributed by atoms with van der Waals surface area (Å²) in [6, 6.07) is 13.3. The third-order valence-corrected chi connectivity index (χ3v) is 6.31. The number of pyridine rings is 1. The summed E-state index contributed by atoms with van der Waals surface area (Å²) in [4.78, 5) is 28.7. The molecule has 0 saturated heterocycles. The number of benzene rings is 2. The average Bonchev–Trinajstić information content (AvgIpc) is 2.98. The van der Waals surface area contributed by atoms with Crippen molar-refractivity contribution >= 4 is 18.0 Å². The topological polar surface area (TPSA) is 120 Å². The van der Waals surface area contributed by atoms with E-state index in [0.717, 1.165) is 22.4 Å². The number of carbonyl (C=O) groups is 2. The van der Waals surface area contributed by atoms with E-state index in [2.05, 4.69) is 5.32 Å². The number of aromatic nitrogens is 1. The fourth-order valence-corrected chi connectivity index (χ4v) is 4.61. The highest BCUT2D eigenvalue weighted by Gasteiger charge is 2.27. The maximum atomic E-state index is 13.8. The molecular formula is C29H29FN2O5. The van der Waals surface area contributed by atoms with Gasteiger partial charge in [0, 0.05) is 35.2 Å².